The van der Waals surface area contributed by atoms with Crippen molar-refractivity contribution in [3.05, 3.63) is 47.5 Å². The predicted octanol–water partition coefficient (Wildman–Crippen LogP) is 3.42. The molecule has 0 bridgehead atoms. The minimum Gasteiger partial charge on any atom is -0.493 e. The molecule has 0 unspecified atom stereocenters. The molecule has 1 saturated carbocycles. The lowest BCUT2D eigenvalue weighted by atomic mass is 9.78. The fourth-order valence-electron chi connectivity index (χ4n) is 6.45. The lowest BCUT2D eigenvalue weighted by molar-refractivity contribution is -0.288. The highest BCUT2D eigenvalue weighted by molar-refractivity contribution is 5.95. The van der Waals surface area contributed by atoms with E-state index in [2.05, 4.69) is 5.32 Å². The number of carbonyl (C=O) groups excluding carboxylic acids is 5. The average Bonchev–Trinajstić information content (AvgIpc) is 3.58. The third kappa shape index (κ3) is 9.60. The van der Waals surface area contributed by atoms with Gasteiger partial charge in [0.05, 0.1) is 21.3 Å². The molecule has 0 radical (unpaired) electrons. The van der Waals surface area contributed by atoms with E-state index in [0.717, 1.165) is 52.0 Å². The smallest absolute Gasteiger partial charge is 0.303 e. The second kappa shape index (κ2) is 17.2. The topological polar surface area (TPSA) is 180 Å². The van der Waals surface area contributed by atoms with Crippen LogP contribution in [-0.4, -0.2) is 95.0 Å². The summed E-state index contributed by atoms with van der Waals surface area (Å²) in [5.41, 5.74) is 1.03. The van der Waals surface area contributed by atoms with E-state index >= 15 is 0 Å². The largest absolute Gasteiger partial charge is 0.493 e. The van der Waals surface area contributed by atoms with E-state index < -0.39 is 61.2 Å². The minimum atomic E-state index is -1.48. The standard InChI is InChI=1S/C36H45NO14/c1-20(38)46-18-30-31(47-21(2)39)32(48-22(3)40)33(49-23(4)41)35(51-30)50-27-12-10-24(16-28(27)44-6)34(42)37-19-36(14-8-9-15-36)25-11-13-26(43-5)29(17-25)45-7/h10-13,16-17,30-33,35H,8-9,14-15,18-19H2,1-7H3,(H,37,42)/t30-,31-,32+,33-,35-/m0/s1. The highest BCUT2D eigenvalue weighted by Crippen LogP contribution is 2.43. The van der Waals surface area contributed by atoms with Crippen LogP contribution in [-0.2, 0) is 48.3 Å². The summed E-state index contributed by atoms with van der Waals surface area (Å²) in [7, 11) is 4.54. The number of nitrogens with one attached hydrogen (secondary N) is 1. The van der Waals surface area contributed by atoms with Crippen LogP contribution in [0.4, 0.5) is 0 Å². The Morgan fingerprint density at radius 3 is 1.86 bits per heavy atom. The summed E-state index contributed by atoms with van der Waals surface area (Å²) in [6.45, 7) is 4.52. The molecule has 2 aromatic carbocycles. The predicted molar refractivity (Wildman–Crippen MR) is 178 cm³/mol. The quantitative estimate of drug-likeness (QED) is 0.222. The van der Waals surface area contributed by atoms with Crippen LogP contribution in [0.25, 0.3) is 0 Å². The number of methoxy groups -OCH3 is 3. The van der Waals surface area contributed by atoms with Gasteiger partial charge in [-0.05, 0) is 48.7 Å². The van der Waals surface area contributed by atoms with Gasteiger partial charge in [-0.1, -0.05) is 18.9 Å². The maximum absolute atomic E-state index is 13.5. The molecule has 5 atom stereocenters. The number of esters is 4. The summed E-state index contributed by atoms with van der Waals surface area (Å²) in [5.74, 6) is -1.87. The van der Waals surface area contributed by atoms with Crippen molar-refractivity contribution in [2.45, 2.75) is 89.5 Å². The van der Waals surface area contributed by atoms with E-state index in [9.17, 15) is 24.0 Å². The van der Waals surface area contributed by atoms with E-state index in [-0.39, 0.29) is 28.4 Å². The van der Waals surface area contributed by atoms with E-state index in [1.165, 1.54) is 32.2 Å². The highest BCUT2D eigenvalue weighted by Gasteiger charge is 2.53. The van der Waals surface area contributed by atoms with Crippen molar-refractivity contribution in [3.63, 3.8) is 0 Å². The molecular weight excluding hydrogens is 670 g/mol. The normalized spacial score (nSPS) is 22.1. The van der Waals surface area contributed by atoms with Gasteiger partial charge in [-0.3, -0.25) is 24.0 Å². The van der Waals surface area contributed by atoms with Crippen molar-refractivity contribution in [3.8, 4) is 23.0 Å². The summed E-state index contributed by atoms with van der Waals surface area (Å²) in [5, 5.41) is 3.08. The summed E-state index contributed by atoms with van der Waals surface area (Å²) < 4.78 is 50.2. The van der Waals surface area contributed by atoms with Crippen LogP contribution < -0.4 is 24.3 Å². The maximum Gasteiger partial charge on any atom is 0.303 e. The Morgan fingerprint density at radius 2 is 1.27 bits per heavy atom. The van der Waals surface area contributed by atoms with Crippen molar-refractivity contribution in [2.75, 3.05) is 34.5 Å². The Bertz CT molecular complexity index is 1590. The van der Waals surface area contributed by atoms with E-state index in [0.29, 0.717) is 18.0 Å². The molecule has 1 aliphatic carbocycles. The Labute approximate surface area is 296 Å². The molecule has 2 fully saturated rings. The van der Waals surface area contributed by atoms with Gasteiger partial charge in [0.1, 0.15) is 12.7 Å². The third-order valence-corrected chi connectivity index (χ3v) is 8.76. The number of hydrogen-bond acceptors (Lipinski definition) is 14. The lowest BCUT2D eigenvalue weighted by Crippen LogP contribution is -2.63. The summed E-state index contributed by atoms with van der Waals surface area (Å²) in [6.07, 6.45) is -3.09. The van der Waals surface area contributed by atoms with Gasteiger partial charge < -0.3 is 47.9 Å². The first-order chi connectivity index (χ1) is 24.3. The Kier molecular flexibility index (Phi) is 13.1. The van der Waals surface area contributed by atoms with E-state index in [1.54, 1.807) is 14.2 Å². The first kappa shape index (κ1) is 38.7. The monoisotopic (exact) mass is 715 g/mol. The lowest BCUT2D eigenvalue weighted by Gasteiger charge is -2.44. The van der Waals surface area contributed by atoms with Crippen LogP contribution in [0.3, 0.4) is 0 Å². The van der Waals surface area contributed by atoms with Crippen LogP contribution in [0.1, 0.15) is 69.3 Å². The minimum absolute atomic E-state index is 0.0764. The molecular formula is C36H45NO14. The number of benzene rings is 2. The fourth-order valence-corrected chi connectivity index (χ4v) is 6.45. The van der Waals surface area contributed by atoms with Gasteiger partial charge >= 0.3 is 23.9 Å². The molecule has 2 aromatic rings. The number of amides is 1. The molecule has 278 valence electrons. The van der Waals surface area contributed by atoms with Crippen LogP contribution >= 0.6 is 0 Å². The molecule has 1 amide bonds. The summed E-state index contributed by atoms with van der Waals surface area (Å²) in [4.78, 5) is 61.6. The van der Waals surface area contributed by atoms with Gasteiger partial charge in [0, 0.05) is 45.2 Å². The number of rotatable bonds is 14. The van der Waals surface area contributed by atoms with Crippen molar-refractivity contribution in [1.82, 2.24) is 5.32 Å². The van der Waals surface area contributed by atoms with Crippen LogP contribution in [0.5, 0.6) is 23.0 Å². The molecule has 15 heteroatoms. The number of ether oxygens (including phenoxy) is 9. The Morgan fingerprint density at radius 1 is 0.706 bits per heavy atom. The molecule has 0 aromatic heterocycles. The second-order valence-corrected chi connectivity index (χ2v) is 12.3. The zero-order valence-electron chi connectivity index (χ0n) is 29.8. The second-order valence-electron chi connectivity index (χ2n) is 12.3. The van der Waals surface area contributed by atoms with E-state index in [4.69, 9.17) is 42.6 Å². The first-order valence-electron chi connectivity index (χ1n) is 16.5. The molecule has 4 rings (SSSR count). The molecule has 15 nitrogen and oxygen atoms in total. The molecule has 1 heterocycles. The Hall–Kier alpha value is -5.05. The van der Waals surface area contributed by atoms with Crippen molar-refractivity contribution in [2.24, 2.45) is 0 Å². The SMILES string of the molecule is COc1ccc(C2(CNC(=O)c3ccc(O[C@H]4O[C@@H](COC(C)=O)[C@H](OC(C)=O)[C@@H](OC(C)=O)[C@@H]4OC(C)=O)c(OC)c3)CCCC2)cc1OC. The van der Waals surface area contributed by atoms with Gasteiger partial charge in [-0.25, -0.2) is 0 Å². The molecule has 51 heavy (non-hydrogen) atoms. The van der Waals surface area contributed by atoms with Crippen molar-refractivity contribution >= 4 is 29.8 Å². The van der Waals surface area contributed by atoms with Gasteiger partial charge in [-0.2, -0.15) is 0 Å². The van der Waals surface area contributed by atoms with Gasteiger partial charge in [0.25, 0.3) is 5.91 Å². The molecule has 1 N–H and O–H groups in total. The summed E-state index contributed by atoms with van der Waals surface area (Å²) >= 11 is 0. The Balaban J connectivity index is 1.59. The van der Waals surface area contributed by atoms with E-state index in [1.807, 2.05) is 18.2 Å². The van der Waals surface area contributed by atoms with Crippen molar-refractivity contribution < 1.29 is 66.6 Å². The third-order valence-electron chi connectivity index (χ3n) is 8.76. The average molecular weight is 716 g/mol. The molecule has 0 spiro atoms. The highest BCUT2D eigenvalue weighted by atomic mass is 16.7. The first-order valence-corrected chi connectivity index (χ1v) is 16.5. The number of hydrogen-bond donors (Lipinski definition) is 1. The molecule has 2 aliphatic rings. The zero-order chi connectivity index (χ0) is 37.3. The molecule has 1 aliphatic heterocycles. The van der Waals surface area contributed by atoms with Crippen LogP contribution in [0.15, 0.2) is 36.4 Å². The fraction of sp³-hybridized carbons (Fsp3) is 0.528. The maximum atomic E-state index is 13.5. The van der Waals surface area contributed by atoms with Crippen molar-refractivity contribution in [1.29, 1.82) is 0 Å². The van der Waals surface area contributed by atoms with Gasteiger partial charge in [0.15, 0.2) is 35.2 Å². The van der Waals surface area contributed by atoms with Gasteiger partial charge in [0.2, 0.25) is 12.4 Å². The zero-order valence-corrected chi connectivity index (χ0v) is 29.8. The van der Waals surface area contributed by atoms with Gasteiger partial charge in [-0.15, -0.1) is 0 Å². The molecule has 1 saturated heterocycles. The summed E-state index contributed by atoms with van der Waals surface area (Å²) in [6, 6.07) is 10.3. The number of carbonyl (C=O) groups is 5. The van der Waals surface area contributed by atoms with Crippen LogP contribution in [0.2, 0.25) is 0 Å². The van der Waals surface area contributed by atoms with Crippen LogP contribution in [0, 0.1) is 0 Å².